The van der Waals surface area contributed by atoms with Gasteiger partial charge in [0.05, 0.1) is 12.0 Å². The van der Waals surface area contributed by atoms with Gasteiger partial charge in [-0.2, -0.15) is 0 Å². The fourth-order valence-electron chi connectivity index (χ4n) is 4.48. The largest absolute Gasteiger partial charge is 0.343 e. The molecule has 5 heteroatoms. The number of amides is 2. The molecule has 1 saturated heterocycles. The third-order valence-electron chi connectivity index (χ3n) is 6.55. The van der Waals surface area contributed by atoms with E-state index < -0.39 is 5.41 Å². The number of carbonyl (C=O) groups excluding carboxylic acids is 3. The monoisotopic (exact) mass is 434 g/mol. The van der Waals surface area contributed by atoms with Gasteiger partial charge in [0.15, 0.2) is 0 Å². The minimum atomic E-state index is -0.518. The van der Waals surface area contributed by atoms with E-state index in [1.54, 1.807) is 17.0 Å². The highest BCUT2D eigenvalue weighted by Gasteiger charge is 2.42. The predicted molar refractivity (Wildman–Crippen MR) is 127 cm³/mol. The number of hydrogen-bond donors (Lipinski definition) is 1. The molecule has 0 aromatic heterocycles. The van der Waals surface area contributed by atoms with Crippen molar-refractivity contribution in [3.63, 3.8) is 0 Å². The first-order chi connectivity index (χ1) is 15.4. The summed E-state index contributed by atoms with van der Waals surface area (Å²) in [7, 11) is 0. The smallest absolute Gasteiger partial charge is 0.251 e. The highest BCUT2D eigenvalue weighted by Crippen LogP contribution is 2.37. The van der Waals surface area contributed by atoms with Crippen LogP contribution in [0.3, 0.4) is 0 Å². The van der Waals surface area contributed by atoms with Crippen LogP contribution < -0.4 is 5.32 Å². The first-order valence-corrected chi connectivity index (χ1v) is 11.6. The second-order valence-electron chi connectivity index (χ2n) is 8.96. The molecule has 1 aliphatic rings. The summed E-state index contributed by atoms with van der Waals surface area (Å²) in [6.45, 7) is 7.23. The van der Waals surface area contributed by atoms with E-state index in [0.29, 0.717) is 43.8 Å². The molecule has 1 heterocycles. The Morgan fingerprint density at radius 2 is 1.59 bits per heavy atom. The zero-order valence-corrected chi connectivity index (χ0v) is 19.4. The molecule has 170 valence electrons. The lowest BCUT2D eigenvalue weighted by Crippen LogP contribution is -2.51. The van der Waals surface area contributed by atoms with Crippen LogP contribution in [0, 0.1) is 0 Å². The van der Waals surface area contributed by atoms with E-state index in [4.69, 9.17) is 0 Å². The Hall–Kier alpha value is -2.95. The van der Waals surface area contributed by atoms with Gasteiger partial charge in [-0.15, -0.1) is 0 Å². The van der Waals surface area contributed by atoms with Crippen LogP contribution in [0.4, 0.5) is 0 Å². The predicted octanol–water partition coefficient (Wildman–Crippen LogP) is 4.47. The van der Waals surface area contributed by atoms with Gasteiger partial charge < -0.3 is 10.2 Å². The number of carbonyl (C=O) groups is 3. The van der Waals surface area contributed by atoms with Gasteiger partial charge in [0.25, 0.3) is 5.91 Å². The first-order valence-electron chi connectivity index (χ1n) is 11.6. The van der Waals surface area contributed by atoms with Crippen LogP contribution in [0.15, 0.2) is 54.6 Å². The molecular weight excluding hydrogens is 400 g/mol. The fourth-order valence-corrected chi connectivity index (χ4v) is 4.48. The molecule has 1 aliphatic heterocycles. The van der Waals surface area contributed by atoms with Crippen molar-refractivity contribution >= 4 is 17.6 Å². The van der Waals surface area contributed by atoms with E-state index in [1.807, 2.05) is 49.4 Å². The molecule has 32 heavy (non-hydrogen) atoms. The van der Waals surface area contributed by atoms with Crippen LogP contribution >= 0.6 is 0 Å². The third kappa shape index (κ3) is 5.26. The number of benzene rings is 2. The molecule has 3 rings (SSSR count). The van der Waals surface area contributed by atoms with Crippen molar-refractivity contribution in [2.75, 3.05) is 19.6 Å². The molecule has 1 N–H and O–H groups in total. The highest BCUT2D eigenvalue weighted by molar-refractivity contribution is 5.96. The second-order valence-corrected chi connectivity index (χ2v) is 8.96. The molecule has 0 saturated carbocycles. The average molecular weight is 435 g/mol. The first kappa shape index (κ1) is 23.7. The molecule has 1 fully saturated rings. The minimum Gasteiger partial charge on any atom is -0.343 e. The second kappa shape index (κ2) is 10.6. The Kier molecular flexibility index (Phi) is 7.84. The van der Waals surface area contributed by atoms with E-state index in [2.05, 4.69) is 19.2 Å². The molecule has 0 unspecified atom stereocenters. The lowest BCUT2D eigenvalue weighted by Gasteiger charge is -2.41. The Bertz CT molecular complexity index is 927. The maximum Gasteiger partial charge on any atom is 0.251 e. The summed E-state index contributed by atoms with van der Waals surface area (Å²) < 4.78 is 0. The molecular formula is C27H34N2O3. The zero-order chi connectivity index (χ0) is 23.1. The number of rotatable bonds is 8. The maximum absolute atomic E-state index is 13.1. The van der Waals surface area contributed by atoms with Crippen molar-refractivity contribution in [2.24, 2.45) is 0 Å². The van der Waals surface area contributed by atoms with Crippen LogP contribution in [-0.4, -0.2) is 42.1 Å². The molecule has 0 radical (unpaired) electrons. The summed E-state index contributed by atoms with van der Waals surface area (Å²) in [6.07, 6.45) is 2.60. The summed E-state index contributed by atoms with van der Waals surface area (Å²) in [5, 5.41) is 2.74. The maximum atomic E-state index is 13.1. The standard InChI is InChI=1S/C27H34N2O3/c1-4-8-24(30)27(23-9-6-5-7-10-23)15-17-29(18-16-27)25(31)19-28-26(32)22-13-11-21(12-14-22)20(2)3/h5-7,9-14,20H,4,8,15-19H2,1-3H3,(H,28,32). The highest BCUT2D eigenvalue weighted by atomic mass is 16.2. The van der Waals surface area contributed by atoms with Crippen molar-refractivity contribution in [2.45, 2.75) is 57.8 Å². The number of piperidine rings is 1. The van der Waals surface area contributed by atoms with Crippen molar-refractivity contribution in [1.82, 2.24) is 10.2 Å². The van der Waals surface area contributed by atoms with Crippen molar-refractivity contribution in [3.05, 3.63) is 71.3 Å². The van der Waals surface area contributed by atoms with Crippen LogP contribution in [0.2, 0.25) is 0 Å². The van der Waals surface area contributed by atoms with Gasteiger partial charge in [0.1, 0.15) is 5.78 Å². The molecule has 2 aromatic rings. The Morgan fingerprint density at radius 3 is 2.16 bits per heavy atom. The lowest BCUT2D eigenvalue weighted by molar-refractivity contribution is -0.135. The number of nitrogens with one attached hydrogen (secondary N) is 1. The van der Waals surface area contributed by atoms with Gasteiger partial charge in [0, 0.05) is 25.1 Å². The Balaban J connectivity index is 1.59. The molecule has 2 aromatic carbocycles. The van der Waals surface area contributed by atoms with Crippen molar-refractivity contribution in [3.8, 4) is 0 Å². The van der Waals surface area contributed by atoms with E-state index in [9.17, 15) is 14.4 Å². The number of hydrogen-bond acceptors (Lipinski definition) is 3. The summed E-state index contributed by atoms with van der Waals surface area (Å²) in [6, 6.07) is 17.4. The summed E-state index contributed by atoms with van der Waals surface area (Å²) in [5.41, 5.74) is 2.25. The van der Waals surface area contributed by atoms with Gasteiger partial charge in [-0.3, -0.25) is 14.4 Å². The average Bonchev–Trinajstić information content (AvgIpc) is 2.83. The number of nitrogens with zero attached hydrogens (tertiary/aromatic N) is 1. The van der Waals surface area contributed by atoms with Crippen LogP contribution in [0.25, 0.3) is 0 Å². The van der Waals surface area contributed by atoms with Gasteiger partial charge >= 0.3 is 0 Å². The molecule has 0 atom stereocenters. The Morgan fingerprint density at radius 1 is 0.969 bits per heavy atom. The van der Waals surface area contributed by atoms with Crippen LogP contribution in [0.5, 0.6) is 0 Å². The van der Waals surface area contributed by atoms with E-state index >= 15 is 0 Å². The molecule has 0 bridgehead atoms. The lowest BCUT2D eigenvalue weighted by atomic mass is 9.68. The van der Waals surface area contributed by atoms with Gasteiger partial charge in [-0.05, 0) is 48.4 Å². The number of likely N-dealkylation sites (tertiary alicyclic amines) is 1. The van der Waals surface area contributed by atoms with Crippen molar-refractivity contribution < 1.29 is 14.4 Å². The minimum absolute atomic E-state index is 0.0357. The summed E-state index contributed by atoms with van der Waals surface area (Å²) in [5.74, 6) is 0.306. The van der Waals surface area contributed by atoms with Gasteiger partial charge in [-0.25, -0.2) is 0 Å². The molecule has 5 nitrogen and oxygen atoms in total. The van der Waals surface area contributed by atoms with E-state index in [-0.39, 0.29) is 24.1 Å². The number of Topliss-reactive ketones (excluding diaryl/α,β-unsaturated/α-hetero) is 1. The van der Waals surface area contributed by atoms with Gasteiger partial charge in [0.2, 0.25) is 5.91 Å². The molecule has 0 aliphatic carbocycles. The van der Waals surface area contributed by atoms with Gasteiger partial charge in [-0.1, -0.05) is 63.2 Å². The zero-order valence-electron chi connectivity index (χ0n) is 19.4. The van der Waals surface area contributed by atoms with E-state index in [1.165, 1.54) is 5.56 Å². The molecule has 0 spiro atoms. The molecule has 2 amide bonds. The summed E-state index contributed by atoms with van der Waals surface area (Å²) in [4.78, 5) is 40.0. The normalized spacial score (nSPS) is 15.4. The van der Waals surface area contributed by atoms with Crippen LogP contribution in [0.1, 0.15) is 73.9 Å². The van der Waals surface area contributed by atoms with Crippen molar-refractivity contribution in [1.29, 1.82) is 0 Å². The Labute approximate surface area is 191 Å². The number of ketones is 1. The third-order valence-corrected chi connectivity index (χ3v) is 6.55. The quantitative estimate of drug-likeness (QED) is 0.667. The topological polar surface area (TPSA) is 66.5 Å². The van der Waals surface area contributed by atoms with Crippen LogP contribution in [-0.2, 0) is 15.0 Å². The summed E-state index contributed by atoms with van der Waals surface area (Å²) >= 11 is 0. The van der Waals surface area contributed by atoms with E-state index in [0.717, 1.165) is 12.0 Å². The fraction of sp³-hybridized carbons (Fsp3) is 0.444. The SMILES string of the molecule is CCCC(=O)C1(c2ccccc2)CCN(C(=O)CNC(=O)c2ccc(C(C)C)cc2)CC1.